The average Bonchev–Trinajstić information content (AvgIpc) is 3.45. The zero-order chi connectivity index (χ0) is 18.0. The third-order valence-electron chi connectivity index (χ3n) is 4.42. The number of hydrogen-bond donors (Lipinski definition) is 1. The molecule has 0 amide bonds. The second-order valence-electron chi connectivity index (χ2n) is 6.29. The van der Waals surface area contributed by atoms with Gasteiger partial charge in [0.15, 0.2) is 5.78 Å². The lowest BCUT2D eigenvalue weighted by atomic mass is 10.0. The molecule has 0 bridgehead atoms. The molecule has 25 heavy (non-hydrogen) atoms. The van der Waals surface area contributed by atoms with Crippen LogP contribution < -0.4 is 9.46 Å². The van der Waals surface area contributed by atoms with Crippen LogP contribution in [0.15, 0.2) is 53.4 Å². The second-order valence-corrected chi connectivity index (χ2v) is 8.00. The van der Waals surface area contributed by atoms with Gasteiger partial charge in [-0.15, -0.1) is 0 Å². The van der Waals surface area contributed by atoms with E-state index in [1.54, 1.807) is 7.11 Å². The number of carbonyl (C=O) groups excluding carboxylic acids is 1. The van der Waals surface area contributed by atoms with Gasteiger partial charge in [-0.05, 0) is 55.5 Å². The molecular formula is C19H21NO4S. The number of Topliss-reactive ketones (excluding diaryl/α,β-unsaturated/α-hetero) is 1. The van der Waals surface area contributed by atoms with Crippen molar-refractivity contribution in [3.05, 3.63) is 59.7 Å². The Bertz CT molecular complexity index is 853. The molecule has 0 aliphatic heterocycles. The van der Waals surface area contributed by atoms with Crippen LogP contribution in [-0.2, 0) is 10.0 Å². The van der Waals surface area contributed by atoms with Gasteiger partial charge in [0, 0.05) is 11.6 Å². The normalized spacial score (nSPS) is 15.6. The van der Waals surface area contributed by atoms with E-state index in [2.05, 4.69) is 4.72 Å². The summed E-state index contributed by atoms with van der Waals surface area (Å²) in [7, 11) is -2.07. The maximum atomic E-state index is 12.7. The monoisotopic (exact) mass is 359 g/mol. The summed E-state index contributed by atoms with van der Waals surface area (Å²) < 4.78 is 33.4. The largest absolute Gasteiger partial charge is 0.497 e. The number of sulfonamides is 1. The molecule has 132 valence electrons. The summed E-state index contributed by atoms with van der Waals surface area (Å²) in [6, 6.07) is 13.2. The number of rotatable bonds is 7. The zero-order valence-electron chi connectivity index (χ0n) is 14.2. The lowest BCUT2D eigenvalue weighted by molar-refractivity contribution is 0.101. The Morgan fingerprint density at radius 2 is 1.68 bits per heavy atom. The van der Waals surface area contributed by atoms with Crippen molar-refractivity contribution >= 4 is 15.8 Å². The Morgan fingerprint density at radius 1 is 1.08 bits per heavy atom. The summed E-state index contributed by atoms with van der Waals surface area (Å²) >= 11 is 0. The van der Waals surface area contributed by atoms with E-state index in [0.717, 1.165) is 24.2 Å². The van der Waals surface area contributed by atoms with Crippen LogP contribution in [0.1, 0.15) is 41.7 Å². The number of nitrogens with one attached hydrogen (secondary N) is 1. The van der Waals surface area contributed by atoms with E-state index in [1.807, 2.05) is 24.3 Å². The highest BCUT2D eigenvalue weighted by Gasteiger charge is 2.35. The fourth-order valence-electron chi connectivity index (χ4n) is 2.78. The number of ketones is 1. The molecule has 1 aliphatic carbocycles. The maximum Gasteiger partial charge on any atom is 0.241 e. The Kier molecular flexibility index (Phi) is 4.92. The van der Waals surface area contributed by atoms with Crippen LogP contribution in [0.5, 0.6) is 5.75 Å². The molecule has 0 radical (unpaired) electrons. The number of benzene rings is 2. The number of methoxy groups -OCH3 is 1. The Morgan fingerprint density at radius 3 is 2.16 bits per heavy atom. The molecule has 5 nitrogen and oxygen atoms in total. The van der Waals surface area contributed by atoms with Crippen molar-refractivity contribution in [2.24, 2.45) is 5.92 Å². The molecule has 6 heteroatoms. The number of hydrogen-bond acceptors (Lipinski definition) is 4. The summed E-state index contributed by atoms with van der Waals surface area (Å²) in [5.74, 6) is 0.951. The van der Waals surface area contributed by atoms with Crippen LogP contribution in [0.2, 0.25) is 0 Å². The number of ether oxygens (including phenoxy) is 1. The molecule has 1 fully saturated rings. The summed E-state index contributed by atoms with van der Waals surface area (Å²) in [5.41, 5.74) is 1.42. The minimum absolute atomic E-state index is 0.0917. The molecule has 0 aromatic heterocycles. The van der Waals surface area contributed by atoms with Crippen molar-refractivity contribution in [1.29, 1.82) is 0 Å². The van der Waals surface area contributed by atoms with E-state index in [4.69, 9.17) is 4.74 Å². The third kappa shape index (κ3) is 4.08. The van der Waals surface area contributed by atoms with Gasteiger partial charge in [0.05, 0.1) is 12.0 Å². The molecule has 1 atom stereocenters. The topological polar surface area (TPSA) is 72.5 Å². The first-order valence-electron chi connectivity index (χ1n) is 8.18. The lowest BCUT2D eigenvalue weighted by Crippen LogP contribution is -2.30. The van der Waals surface area contributed by atoms with Gasteiger partial charge in [0.1, 0.15) is 5.75 Å². The predicted octanol–water partition coefficient (Wildman–Crippen LogP) is 3.33. The molecule has 2 aromatic rings. The van der Waals surface area contributed by atoms with E-state index in [0.29, 0.717) is 11.5 Å². The summed E-state index contributed by atoms with van der Waals surface area (Å²) in [6.07, 6.45) is 2.00. The minimum atomic E-state index is -3.66. The van der Waals surface area contributed by atoms with Crippen LogP contribution in [-0.4, -0.2) is 21.3 Å². The van der Waals surface area contributed by atoms with Crippen molar-refractivity contribution < 1.29 is 17.9 Å². The molecule has 1 aliphatic rings. The SMILES string of the molecule is COc1ccc(C(NS(=O)(=O)c2ccc(C(C)=O)cc2)C2CC2)cc1. The van der Waals surface area contributed by atoms with Crippen LogP contribution in [0.3, 0.4) is 0 Å². The van der Waals surface area contributed by atoms with Gasteiger partial charge >= 0.3 is 0 Å². The summed E-state index contributed by atoms with van der Waals surface area (Å²) in [6.45, 7) is 1.45. The molecule has 3 rings (SSSR count). The molecule has 2 aromatic carbocycles. The smallest absolute Gasteiger partial charge is 0.241 e. The third-order valence-corrected chi connectivity index (χ3v) is 5.88. The Labute approximate surface area is 148 Å². The maximum absolute atomic E-state index is 12.7. The number of carbonyl (C=O) groups is 1. The molecule has 1 saturated carbocycles. The van der Waals surface area contributed by atoms with Crippen LogP contribution >= 0.6 is 0 Å². The van der Waals surface area contributed by atoms with Gasteiger partial charge in [-0.3, -0.25) is 4.79 Å². The van der Waals surface area contributed by atoms with E-state index in [1.165, 1.54) is 31.2 Å². The van der Waals surface area contributed by atoms with Crippen LogP contribution in [0.25, 0.3) is 0 Å². The van der Waals surface area contributed by atoms with Crippen LogP contribution in [0, 0.1) is 5.92 Å². The van der Waals surface area contributed by atoms with Crippen molar-refractivity contribution in [3.63, 3.8) is 0 Å². The summed E-state index contributed by atoms with van der Waals surface area (Å²) in [5, 5.41) is 0. The van der Waals surface area contributed by atoms with Gasteiger partial charge in [-0.25, -0.2) is 13.1 Å². The first kappa shape index (κ1) is 17.6. The Hall–Kier alpha value is -2.18. The van der Waals surface area contributed by atoms with Crippen LogP contribution in [0.4, 0.5) is 0 Å². The summed E-state index contributed by atoms with van der Waals surface area (Å²) in [4.78, 5) is 11.5. The fourth-order valence-corrected chi connectivity index (χ4v) is 4.07. The van der Waals surface area contributed by atoms with Crippen molar-refractivity contribution in [2.75, 3.05) is 7.11 Å². The quantitative estimate of drug-likeness (QED) is 0.770. The van der Waals surface area contributed by atoms with Crippen molar-refractivity contribution in [3.8, 4) is 5.75 Å². The van der Waals surface area contributed by atoms with Gasteiger partial charge in [-0.2, -0.15) is 0 Å². The molecular weight excluding hydrogens is 338 g/mol. The minimum Gasteiger partial charge on any atom is -0.497 e. The average molecular weight is 359 g/mol. The highest BCUT2D eigenvalue weighted by atomic mass is 32.2. The molecule has 1 unspecified atom stereocenters. The molecule has 0 saturated heterocycles. The predicted molar refractivity (Wildman–Crippen MR) is 95.2 cm³/mol. The first-order valence-corrected chi connectivity index (χ1v) is 9.66. The fraction of sp³-hybridized carbons (Fsp3) is 0.316. The van der Waals surface area contributed by atoms with Gasteiger partial charge in [0.2, 0.25) is 10.0 Å². The molecule has 0 heterocycles. The Balaban J connectivity index is 1.84. The van der Waals surface area contributed by atoms with E-state index in [9.17, 15) is 13.2 Å². The highest BCUT2D eigenvalue weighted by Crippen LogP contribution is 2.42. The van der Waals surface area contributed by atoms with E-state index in [-0.39, 0.29) is 16.7 Å². The van der Waals surface area contributed by atoms with Gasteiger partial charge < -0.3 is 4.74 Å². The van der Waals surface area contributed by atoms with Gasteiger partial charge in [0.25, 0.3) is 0 Å². The van der Waals surface area contributed by atoms with Gasteiger partial charge in [-0.1, -0.05) is 24.3 Å². The highest BCUT2D eigenvalue weighted by molar-refractivity contribution is 7.89. The van der Waals surface area contributed by atoms with Crippen molar-refractivity contribution in [1.82, 2.24) is 4.72 Å². The lowest BCUT2D eigenvalue weighted by Gasteiger charge is -2.19. The standard InChI is InChI=1S/C19H21NO4S/c1-13(21)14-7-11-18(12-8-14)25(22,23)20-19(15-3-4-15)16-5-9-17(24-2)10-6-16/h5-12,15,19-20H,3-4H2,1-2H3. The van der Waals surface area contributed by atoms with E-state index < -0.39 is 10.0 Å². The first-order chi connectivity index (χ1) is 11.9. The zero-order valence-corrected chi connectivity index (χ0v) is 15.0. The van der Waals surface area contributed by atoms with E-state index >= 15 is 0 Å². The molecule has 1 N–H and O–H groups in total. The van der Waals surface area contributed by atoms with Crippen molar-refractivity contribution in [2.45, 2.75) is 30.7 Å². The second kappa shape index (κ2) is 6.98. The molecule has 0 spiro atoms.